The van der Waals surface area contributed by atoms with Crippen molar-refractivity contribution < 1.29 is 14.3 Å². The predicted octanol–water partition coefficient (Wildman–Crippen LogP) is 3.02. The lowest BCUT2D eigenvalue weighted by Gasteiger charge is -2.38. The highest BCUT2D eigenvalue weighted by Gasteiger charge is 2.38. The minimum Gasteiger partial charge on any atom is -0.353 e. The fourth-order valence-electron chi connectivity index (χ4n) is 3.01. The van der Waals surface area contributed by atoms with Gasteiger partial charge in [-0.15, -0.1) is 0 Å². The first-order valence-corrected chi connectivity index (χ1v) is 7.79. The molecule has 18 heavy (non-hydrogen) atoms. The van der Waals surface area contributed by atoms with Crippen LogP contribution in [0.1, 0.15) is 45.4 Å². The third-order valence-electron chi connectivity index (χ3n) is 4.35. The average molecular weight is 272 g/mol. The first-order valence-electron chi connectivity index (χ1n) is 6.85. The van der Waals surface area contributed by atoms with Gasteiger partial charge in [-0.1, -0.05) is 6.42 Å². The molecule has 2 aliphatic rings. The molecule has 2 saturated heterocycles. The topological polar surface area (TPSA) is 35.5 Å². The number of rotatable bonds is 5. The largest absolute Gasteiger partial charge is 0.353 e. The molecule has 3 nitrogen and oxygen atoms in total. The van der Waals surface area contributed by atoms with Gasteiger partial charge in [-0.3, -0.25) is 4.79 Å². The Hall–Kier alpha value is -0.0600. The average Bonchev–Trinajstić information content (AvgIpc) is 2.38. The SMILES string of the molecule is COC(C)(CC(=O)C1CC2CCCC(C1)S2)OC. The summed E-state index contributed by atoms with van der Waals surface area (Å²) in [5, 5.41) is 1.42. The molecular formula is C14H24O3S. The third kappa shape index (κ3) is 3.28. The molecule has 2 heterocycles. The van der Waals surface area contributed by atoms with Crippen molar-refractivity contribution in [3.8, 4) is 0 Å². The molecule has 2 atom stereocenters. The molecule has 2 unspecified atom stereocenters. The van der Waals surface area contributed by atoms with E-state index >= 15 is 0 Å². The minimum absolute atomic E-state index is 0.228. The van der Waals surface area contributed by atoms with Crippen LogP contribution >= 0.6 is 11.8 Å². The van der Waals surface area contributed by atoms with Crippen LogP contribution in [0, 0.1) is 5.92 Å². The molecule has 0 radical (unpaired) electrons. The van der Waals surface area contributed by atoms with Crippen molar-refractivity contribution in [1.29, 1.82) is 0 Å². The van der Waals surface area contributed by atoms with E-state index in [1.54, 1.807) is 14.2 Å². The Morgan fingerprint density at radius 3 is 2.28 bits per heavy atom. The van der Waals surface area contributed by atoms with Gasteiger partial charge in [0.2, 0.25) is 0 Å². The molecular weight excluding hydrogens is 248 g/mol. The van der Waals surface area contributed by atoms with Gasteiger partial charge in [-0.05, 0) is 32.6 Å². The number of Topliss-reactive ketones (excluding diaryl/α,β-unsaturated/α-hetero) is 1. The van der Waals surface area contributed by atoms with E-state index in [4.69, 9.17) is 9.47 Å². The molecule has 0 N–H and O–H groups in total. The van der Waals surface area contributed by atoms with Crippen molar-refractivity contribution in [2.45, 2.75) is 61.7 Å². The van der Waals surface area contributed by atoms with Crippen molar-refractivity contribution in [2.24, 2.45) is 5.92 Å². The number of carbonyl (C=O) groups excluding carboxylic acids is 1. The molecule has 0 aromatic rings. The Kier molecular flexibility index (Phi) is 4.73. The van der Waals surface area contributed by atoms with E-state index < -0.39 is 5.79 Å². The zero-order valence-corrected chi connectivity index (χ0v) is 12.4. The standard InChI is InChI=1S/C14H24O3S/c1-14(16-2,17-3)9-13(15)10-7-11-5-4-6-12(8-10)18-11/h10-12H,4-9H2,1-3H3. The Bertz CT molecular complexity index is 289. The molecule has 2 fully saturated rings. The molecule has 4 heteroatoms. The van der Waals surface area contributed by atoms with Gasteiger partial charge in [0.05, 0.1) is 6.42 Å². The lowest BCUT2D eigenvalue weighted by atomic mass is 9.84. The van der Waals surface area contributed by atoms with Gasteiger partial charge in [-0.2, -0.15) is 11.8 Å². The first-order chi connectivity index (χ1) is 8.56. The number of methoxy groups -OCH3 is 2. The van der Waals surface area contributed by atoms with Crippen molar-refractivity contribution in [3.63, 3.8) is 0 Å². The molecule has 0 aromatic heterocycles. The molecule has 2 bridgehead atoms. The molecule has 0 saturated carbocycles. The summed E-state index contributed by atoms with van der Waals surface area (Å²) in [5.41, 5.74) is 0. The number of ether oxygens (including phenoxy) is 2. The fourth-order valence-corrected chi connectivity index (χ4v) is 4.85. The molecule has 0 amide bonds. The summed E-state index contributed by atoms with van der Waals surface area (Å²) in [6.07, 6.45) is 6.41. The van der Waals surface area contributed by atoms with E-state index in [0.717, 1.165) is 12.8 Å². The molecule has 0 spiro atoms. The van der Waals surface area contributed by atoms with Crippen LogP contribution in [-0.4, -0.2) is 36.3 Å². The van der Waals surface area contributed by atoms with Gasteiger partial charge < -0.3 is 9.47 Å². The number of hydrogen-bond donors (Lipinski definition) is 0. The Balaban J connectivity index is 1.93. The molecule has 0 aromatic carbocycles. The van der Waals surface area contributed by atoms with E-state index in [1.807, 2.05) is 6.92 Å². The maximum absolute atomic E-state index is 12.4. The van der Waals surface area contributed by atoms with Crippen LogP contribution in [0.3, 0.4) is 0 Å². The van der Waals surface area contributed by atoms with Crippen LogP contribution in [-0.2, 0) is 14.3 Å². The molecule has 2 aliphatic heterocycles. The fraction of sp³-hybridized carbons (Fsp3) is 0.929. The second kappa shape index (κ2) is 5.93. The van der Waals surface area contributed by atoms with Crippen molar-refractivity contribution in [1.82, 2.24) is 0 Å². The van der Waals surface area contributed by atoms with Crippen LogP contribution in [0.25, 0.3) is 0 Å². The summed E-state index contributed by atoms with van der Waals surface area (Å²) in [6, 6.07) is 0. The number of fused-ring (bicyclic) bond motifs is 2. The van der Waals surface area contributed by atoms with Crippen LogP contribution < -0.4 is 0 Å². The van der Waals surface area contributed by atoms with Crippen LogP contribution in [0.2, 0.25) is 0 Å². The second-order valence-corrected chi connectivity index (χ2v) is 7.27. The number of ketones is 1. The summed E-state index contributed by atoms with van der Waals surface area (Å²) in [7, 11) is 3.20. The summed E-state index contributed by atoms with van der Waals surface area (Å²) in [4.78, 5) is 12.4. The lowest BCUT2D eigenvalue weighted by Crippen LogP contribution is -2.38. The zero-order chi connectivity index (χ0) is 13.2. The van der Waals surface area contributed by atoms with E-state index in [0.29, 0.717) is 22.7 Å². The summed E-state index contributed by atoms with van der Waals surface area (Å²) in [6.45, 7) is 1.84. The smallest absolute Gasteiger partial charge is 0.171 e. The Morgan fingerprint density at radius 2 is 1.78 bits per heavy atom. The summed E-state index contributed by atoms with van der Waals surface area (Å²) < 4.78 is 10.6. The lowest BCUT2D eigenvalue weighted by molar-refractivity contribution is -0.198. The zero-order valence-electron chi connectivity index (χ0n) is 11.6. The van der Waals surface area contributed by atoms with E-state index in [-0.39, 0.29) is 5.92 Å². The maximum Gasteiger partial charge on any atom is 0.171 e. The maximum atomic E-state index is 12.4. The highest BCUT2D eigenvalue weighted by atomic mass is 32.2. The number of hydrogen-bond acceptors (Lipinski definition) is 4. The van der Waals surface area contributed by atoms with E-state index in [2.05, 4.69) is 11.8 Å². The van der Waals surface area contributed by atoms with Gasteiger partial charge >= 0.3 is 0 Å². The van der Waals surface area contributed by atoms with Gasteiger partial charge in [0, 0.05) is 30.6 Å². The van der Waals surface area contributed by atoms with Crippen LogP contribution in [0.4, 0.5) is 0 Å². The van der Waals surface area contributed by atoms with Crippen molar-refractivity contribution in [3.05, 3.63) is 0 Å². The highest BCUT2D eigenvalue weighted by molar-refractivity contribution is 8.00. The third-order valence-corrected chi connectivity index (χ3v) is 5.97. The molecule has 2 rings (SSSR count). The van der Waals surface area contributed by atoms with Gasteiger partial charge in [-0.25, -0.2) is 0 Å². The van der Waals surface area contributed by atoms with Crippen LogP contribution in [0.5, 0.6) is 0 Å². The normalized spacial score (nSPS) is 32.3. The monoisotopic (exact) mass is 272 g/mol. The number of thioether (sulfide) groups is 1. The second-order valence-electron chi connectivity index (χ2n) is 5.66. The molecule has 0 aliphatic carbocycles. The van der Waals surface area contributed by atoms with E-state index in [9.17, 15) is 4.79 Å². The quantitative estimate of drug-likeness (QED) is 0.721. The van der Waals surface area contributed by atoms with Crippen molar-refractivity contribution >= 4 is 17.5 Å². The highest BCUT2D eigenvalue weighted by Crippen LogP contribution is 2.44. The van der Waals surface area contributed by atoms with Crippen molar-refractivity contribution in [2.75, 3.05) is 14.2 Å². The first kappa shape index (κ1) is 14.4. The van der Waals surface area contributed by atoms with Gasteiger partial charge in [0.25, 0.3) is 0 Å². The molecule has 104 valence electrons. The Labute approximate surface area is 114 Å². The minimum atomic E-state index is -0.753. The predicted molar refractivity (Wildman–Crippen MR) is 73.8 cm³/mol. The van der Waals surface area contributed by atoms with Gasteiger partial charge in [0.15, 0.2) is 5.79 Å². The Morgan fingerprint density at radius 1 is 1.22 bits per heavy atom. The summed E-state index contributed by atoms with van der Waals surface area (Å²) >= 11 is 2.11. The van der Waals surface area contributed by atoms with Gasteiger partial charge in [0.1, 0.15) is 5.78 Å². The number of carbonyl (C=O) groups is 1. The van der Waals surface area contributed by atoms with E-state index in [1.165, 1.54) is 19.3 Å². The van der Waals surface area contributed by atoms with Crippen LogP contribution in [0.15, 0.2) is 0 Å². The summed E-state index contributed by atoms with van der Waals surface area (Å²) in [5.74, 6) is -0.207.